The fraction of sp³-hybridized carbons (Fsp3) is 1.00. The van der Waals surface area contributed by atoms with Gasteiger partial charge in [0.1, 0.15) is 0 Å². The minimum absolute atomic E-state index is 0.00577. The van der Waals surface area contributed by atoms with E-state index in [4.69, 9.17) is 49.0 Å². The molecule has 0 amide bonds. The maximum Gasteiger partial charge on any atom is 0.213 e. The molecule has 0 fully saturated rings. The Bertz CT molecular complexity index is 127. The molecule has 13 heavy (non-hydrogen) atoms. The Hall–Kier alpha value is 0.750. The molecule has 0 rings (SSSR count). The molecule has 0 saturated heterocycles. The molecular weight excluding hydrogens is 238 g/mol. The lowest BCUT2D eigenvalue weighted by atomic mass is 10.7. The van der Waals surface area contributed by atoms with E-state index in [0.29, 0.717) is 13.2 Å². The summed E-state index contributed by atoms with van der Waals surface area (Å²) in [5, 5.41) is 0. The minimum Gasteiger partial charge on any atom is -0.382 e. The van der Waals surface area contributed by atoms with E-state index in [1.165, 1.54) is 0 Å². The highest BCUT2D eigenvalue weighted by atomic mass is 35.6. The van der Waals surface area contributed by atoms with E-state index in [1.54, 1.807) is 14.0 Å². The third kappa shape index (κ3) is 10.7. The molecule has 80 valence electrons. The molecule has 6 heteroatoms. The number of hydrogen-bond donors (Lipinski definition) is 0. The number of alkyl halides is 3. The molecule has 0 aliphatic rings. The van der Waals surface area contributed by atoms with Crippen molar-refractivity contribution >= 4 is 34.8 Å². The van der Waals surface area contributed by atoms with Gasteiger partial charge in [0.15, 0.2) is 6.29 Å². The molecular formula is C7H13Cl3O3. The molecule has 0 bridgehead atoms. The summed E-state index contributed by atoms with van der Waals surface area (Å²) in [6.07, 6.45) is -0.397. The summed E-state index contributed by atoms with van der Waals surface area (Å²) >= 11 is 16.4. The number of methoxy groups -OCH3 is 1. The van der Waals surface area contributed by atoms with Gasteiger partial charge < -0.3 is 14.2 Å². The second-order valence-corrected chi connectivity index (χ2v) is 4.87. The van der Waals surface area contributed by atoms with Gasteiger partial charge in [-0.15, -0.1) is 0 Å². The largest absolute Gasteiger partial charge is 0.382 e. The number of rotatable bonds is 6. The van der Waals surface area contributed by atoms with Crippen LogP contribution >= 0.6 is 34.8 Å². The molecule has 3 nitrogen and oxygen atoms in total. The topological polar surface area (TPSA) is 27.7 Å². The van der Waals surface area contributed by atoms with Crippen LogP contribution < -0.4 is 0 Å². The smallest absolute Gasteiger partial charge is 0.213 e. The summed E-state index contributed by atoms with van der Waals surface area (Å²) in [4.78, 5) is 0. The predicted octanol–water partition coefficient (Wildman–Crippen LogP) is 2.38. The van der Waals surface area contributed by atoms with Gasteiger partial charge in [-0.25, -0.2) is 0 Å². The molecule has 0 N–H and O–H groups in total. The van der Waals surface area contributed by atoms with Crippen LogP contribution in [0.1, 0.15) is 6.92 Å². The van der Waals surface area contributed by atoms with Crippen molar-refractivity contribution in [1.82, 2.24) is 0 Å². The molecule has 0 aromatic heterocycles. The first-order chi connectivity index (χ1) is 5.95. The second-order valence-electron chi connectivity index (χ2n) is 2.36. The van der Waals surface area contributed by atoms with Gasteiger partial charge in [0, 0.05) is 7.11 Å². The SMILES string of the molecule is COCCOC(C)OCC(Cl)(Cl)Cl. The zero-order chi connectivity index (χ0) is 10.3. The number of ether oxygens (including phenoxy) is 3. The Morgan fingerprint density at radius 1 is 1.15 bits per heavy atom. The molecule has 0 radical (unpaired) electrons. The van der Waals surface area contributed by atoms with Gasteiger partial charge in [-0.2, -0.15) is 0 Å². The van der Waals surface area contributed by atoms with Crippen molar-refractivity contribution in [3.05, 3.63) is 0 Å². The van der Waals surface area contributed by atoms with Crippen LogP contribution in [0.4, 0.5) is 0 Å². The van der Waals surface area contributed by atoms with Gasteiger partial charge in [0.25, 0.3) is 0 Å². The van der Waals surface area contributed by atoms with Crippen LogP contribution in [0.25, 0.3) is 0 Å². The van der Waals surface area contributed by atoms with Crippen LogP contribution in [-0.4, -0.2) is 37.0 Å². The third-order valence-electron chi connectivity index (χ3n) is 1.12. The molecule has 0 saturated carbocycles. The Balaban J connectivity index is 3.35. The Morgan fingerprint density at radius 2 is 1.77 bits per heavy atom. The average Bonchev–Trinajstić information content (AvgIpc) is 2.00. The molecule has 1 unspecified atom stereocenters. The normalized spacial score (nSPS) is 14.5. The van der Waals surface area contributed by atoms with Crippen LogP contribution in [0.3, 0.4) is 0 Å². The van der Waals surface area contributed by atoms with Crippen LogP contribution in [0.5, 0.6) is 0 Å². The van der Waals surface area contributed by atoms with Crippen molar-refractivity contribution in [3.63, 3.8) is 0 Å². The van der Waals surface area contributed by atoms with Crippen molar-refractivity contribution in [3.8, 4) is 0 Å². The van der Waals surface area contributed by atoms with E-state index in [-0.39, 0.29) is 6.61 Å². The second kappa shape index (κ2) is 7.10. The first-order valence-corrected chi connectivity index (χ1v) is 4.88. The Kier molecular flexibility index (Phi) is 7.51. The van der Waals surface area contributed by atoms with Gasteiger partial charge in [0.2, 0.25) is 3.79 Å². The zero-order valence-corrected chi connectivity index (χ0v) is 9.83. The molecule has 0 aliphatic carbocycles. The lowest BCUT2D eigenvalue weighted by Gasteiger charge is -2.17. The van der Waals surface area contributed by atoms with Gasteiger partial charge in [0.05, 0.1) is 19.8 Å². The molecule has 0 aliphatic heterocycles. The fourth-order valence-electron chi connectivity index (χ4n) is 0.557. The average molecular weight is 252 g/mol. The monoisotopic (exact) mass is 250 g/mol. The molecule has 0 aromatic carbocycles. The lowest BCUT2D eigenvalue weighted by Crippen LogP contribution is -2.22. The van der Waals surface area contributed by atoms with Gasteiger partial charge in [-0.05, 0) is 6.92 Å². The van der Waals surface area contributed by atoms with Crippen LogP contribution in [0.15, 0.2) is 0 Å². The fourth-order valence-corrected chi connectivity index (χ4v) is 0.746. The van der Waals surface area contributed by atoms with E-state index in [0.717, 1.165) is 0 Å². The summed E-state index contributed by atoms with van der Waals surface area (Å²) < 4.78 is 13.6. The maximum atomic E-state index is 5.46. The van der Waals surface area contributed by atoms with E-state index in [2.05, 4.69) is 0 Å². The van der Waals surface area contributed by atoms with Crippen LogP contribution in [0.2, 0.25) is 0 Å². The molecule has 0 spiro atoms. The summed E-state index contributed by atoms with van der Waals surface area (Å²) in [6.45, 7) is 2.71. The first-order valence-electron chi connectivity index (χ1n) is 3.74. The highest BCUT2D eigenvalue weighted by Gasteiger charge is 2.21. The standard InChI is InChI=1S/C7H13Cl3O3/c1-6(12-4-3-11-2)13-5-7(8,9)10/h6H,3-5H2,1-2H3. The predicted molar refractivity (Wildman–Crippen MR) is 53.5 cm³/mol. The van der Waals surface area contributed by atoms with Crippen molar-refractivity contribution < 1.29 is 14.2 Å². The van der Waals surface area contributed by atoms with Gasteiger partial charge in [-0.3, -0.25) is 0 Å². The third-order valence-corrected chi connectivity index (χ3v) is 1.45. The zero-order valence-electron chi connectivity index (χ0n) is 7.56. The summed E-state index contributed by atoms with van der Waals surface area (Å²) in [6, 6.07) is 0. The summed E-state index contributed by atoms with van der Waals surface area (Å²) in [5.41, 5.74) is 0. The summed E-state index contributed by atoms with van der Waals surface area (Å²) in [7, 11) is 1.59. The van der Waals surface area contributed by atoms with E-state index in [1.807, 2.05) is 0 Å². The quantitative estimate of drug-likeness (QED) is 0.412. The molecule has 1 atom stereocenters. The molecule has 0 aromatic rings. The number of hydrogen-bond acceptors (Lipinski definition) is 3. The van der Waals surface area contributed by atoms with Crippen molar-refractivity contribution in [2.75, 3.05) is 26.9 Å². The number of halogens is 3. The van der Waals surface area contributed by atoms with E-state index < -0.39 is 10.1 Å². The van der Waals surface area contributed by atoms with Crippen molar-refractivity contribution in [2.24, 2.45) is 0 Å². The van der Waals surface area contributed by atoms with Crippen LogP contribution in [0, 0.1) is 0 Å². The Labute approximate surface area is 93.2 Å². The Morgan fingerprint density at radius 3 is 2.23 bits per heavy atom. The lowest BCUT2D eigenvalue weighted by molar-refractivity contribution is -0.136. The van der Waals surface area contributed by atoms with E-state index >= 15 is 0 Å². The van der Waals surface area contributed by atoms with Crippen molar-refractivity contribution in [2.45, 2.75) is 17.0 Å². The van der Waals surface area contributed by atoms with Gasteiger partial charge in [-0.1, -0.05) is 34.8 Å². The minimum atomic E-state index is -1.39. The maximum absolute atomic E-state index is 5.46. The highest BCUT2D eigenvalue weighted by molar-refractivity contribution is 6.67. The highest BCUT2D eigenvalue weighted by Crippen LogP contribution is 2.26. The summed E-state index contributed by atoms with van der Waals surface area (Å²) in [5.74, 6) is 0. The van der Waals surface area contributed by atoms with Gasteiger partial charge >= 0.3 is 0 Å². The van der Waals surface area contributed by atoms with Crippen LogP contribution in [-0.2, 0) is 14.2 Å². The van der Waals surface area contributed by atoms with E-state index in [9.17, 15) is 0 Å². The van der Waals surface area contributed by atoms with Crippen molar-refractivity contribution in [1.29, 1.82) is 0 Å². The molecule has 0 heterocycles. The first kappa shape index (κ1) is 13.8.